The minimum atomic E-state index is -0.984. The van der Waals surface area contributed by atoms with Gasteiger partial charge in [-0.25, -0.2) is 4.79 Å². The van der Waals surface area contributed by atoms with Crippen LogP contribution in [0.1, 0.15) is 36.3 Å². The normalized spacial score (nSPS) is 10.3. The maximum Gasteiger partial charge on any atom is 0.337 e. The smallest absolute Gasteiger partial charge is 0.337 e. The van der Waals surface area contributed by atoms with Gasteiger partial charge in [0.2, 0.25) is 5.91 Å². The summed E-state index contributed by atoms with van der Waals surface area (Å²) in [6.07, 6.45) is 1.79. The fourth-order valence-electron chi connectivity index (χ4n) is 1.80. The predicted molar refractivity (Wildman–Crippen MR) is 75.4 cm³/mol. The number of carboxylic acid groups (broad SMARTS) is 1. The van der Waals surface area contributed by atoms with Gasteiger partial charge in [0.05, 0.1) is 11.3 Å². The molecule has 2 N–H and O–H groups in total. The summed E-state index contributed by atoms with van der Waals surface area (Å²) < 4.78 is 0. The van der Waals surface area contributed by atoms with E-state index in [9.17, 15) is 9.59 Å². The standard InChI is InChI=1S/C14H21N3O3/c1-3-17(4-2)13(18)7-8-15-10-12-6-5-11(9-16-12)14(19)20/h5-6,9,15H,3-4,7-8,10H2,1-2H3,(H,19,20). The average Bonchev–Trinajstić information content (AvgIpc) is 2.45. The van der Waals surface area contributed by atoms with Gasteiger partial charge in [-0.1, -0.05) is 0 Å². The van der Waals surface area contributed by atoms with Crippen molar-refractivity contribution in [1.82, 2.24) is 15.2 Å². The van der Waals surface area contributed by atoms with Crippen LogP contribution in [0.3, 0.4) is 0 Å². The van der Waals surface area contributed by atoms with Crippen molar-refractivity contribution in [3.63, 3.8) is 0 Å². The van der Waals surface area contributed by atoms with Crippen LogP contribution in [0, 0.1) is 0 Å². The van der Waals surface area contributed by atoms with E-state index in [1.807, 2.05) is 13.8 Å². The lowest BCUT2D eigenvalue weighted by Gasteiger charge is -2.18. The van der Waals surface area contributed by atoms with Gasteiger partial charge >= 0.3 is 5.97 Å². The first-order chi connectivity index (χ1) is 9.58. The van der Waals surface area contributed by atoms with Crippen molar-refractivity contribution in [3.8, 4) is 0 Å². The van der Waals surface area contributed by atoms with Crippen LogP contribution >= 0.6 is 0 Å². The summed E-state index contributed by atoms with van der Waals surface area (Å²) in [6, 6.07) is 3.19. The second-order valence-corrected chi connectivity index (χ2v) is 4.34. The lowest BCUT2D eigenvalue weighted by atomic mass is 10.2. The fourth-order valence-corrected chi connectivity index (χ4v) is 1.80. The van der Waals surface area contributed by atoms with Gasteiger partial charge in [-0.2, -0.15) is 0 Å². The van der Waals surface area contributed by atoms with Crippen LogP contribution in [0.25, 0.3) is 0 Å². The second kappa shape index (κ2) is 8.27. The summed E-state index contributed by atoms with van der Waals surface area (Å²) in [4.78, 5) is 28.3. The number of nitrogens with zero attached hydrogens (tertiary/aromatic N) is 2. The molecular formula is C14H21N3O3. The summed E-state index contributed by atoms with van der Waals surface area (Å²) in [7, 11) is 0. The molecule has 1 amide bonds. The minimum Gasteiger partial charge on any atom is -0.478 e. The third-order valence-corrected chi connectivity index (χ3v) is 3.01. The first kappa shape index (κ1) is 16.1. The molecular weight excluding hydrogens is 258 g/mol. The number of hydrogen-bond acceptors (Lipinski definition) is 4. The summed E-state index contributed by atoms with van der Waals surface area (Å²) >= 11 is 0. The molecule has 0 aliphatic heterocycles. The molecule has 0 saturated carbocycles. The largest absolute Gasteiger partial charge is 0.478 e. The summed E-state index contributed by atoms with van der Waals surface area (Å²) in [5.74, 6) is -0.849. The highest BCUT2D eigenvalue weighted by atomic mass is 16.4. The van der Waals surface area contributed by atoms with Crippen molar-refractivity contribution in [3.05, 3.63) is 29.6 Å². The first-order valence-corrected chi connectivity index (χ1v) is 6.75. The number of aromatic carboxylic acids is 1. The molecule has 0 aromatic carbocycles. The Kier molecular flexibility index (Phi) is 6.66. The average molecular weight is 279 g/mol. The Morgan fingerprint density at radius 1 is 1.30 bits per heavy atom. The van der Waals surface area contributed by atoms with E-state index in [0.29, 0.717) is 19.5 Å². The van der Waals surface area contributed by atoms with E-state index in [1.165, 1.54) is 12.3 Å². The molecule has 1 rings (SSSR count). The van der Waals surface area contributed by atoms with E-state index in [-0.39, 0.29) is 11.5 Å². The summed E-state index contributed by atoms with van der Waals surface area (Å²) in [6.45, 7) is 6.48. The van der Waals surface area contributed by atoms with E-state index in [0.717, 1.165) is 18.8 Å². The number of carbonyl (C=O) groups excluding carboxylic acids is 1. The van der Waals surface area contributed by atoms with E-state index in [4.69, 9.17) is 5.11 Å². The third-order valence-electron chi connectivity index (χ3n) is 3.01. The molecule has 1 aromatic heterocycles. The molecule has 6 nitrogen and oxygen atoms in total. The lowest BCUT2D eigenvalue weighted by Crippen LogP contribution is -2.32. The zero-order chi connectivity index (χ0) is 15.0. The Balaban J connectivity index is 2.30. The molecule has 6 heteroatoms. The molecule has 0 radical (unpaired) electrons. The van der Waals surface area contributed by atoms with E-state index in [2.05, 4.69) is 10.3 Å². The van der Waals surface area contributed by atoms with Crippen LogP contribution in [-0.2, 0) is 11.3 Å². The molecule has 20 heavy (non-hydrogen) atoms. The number of nitrogens with one attached hydrogen (secondary N) is 1. The number of carbonyl (C=O) groups is 2. The van der Waals surface area contributed by atoms with Crippen molar-refractivity contribution in [2.75, 3.05) is 19.6 Å². The maximum atomic E-state index is 11.7. The van der Waals surface area contributed by atoms with Crippen molar-refractivity contribution >= 4 is 11.9 Å². The van der Waals surface area contributed by atoms with E-state index < -0.39 is 5.97 Å². The van der Waals surface area contributed by atoms with E-state index >= 15 is 0 Å². The van der Waals surface area contributed by atoms with Crippen LogP contribution in [0.15, 0.2) is 18.3 Å². The Morgan fingerprint density at radius 3 is 2.50 bits per heavy atom. The van der Waals surface area contributed by atoms with Gasteiger partial charge in [-0.15, -0.1) is 0 Å². The molecule has 0 saturated heterocycles. The Bertz CT molecular complexity index is 441. The molecule has 1 heterocycles. The highest BCUT2D eigenvalue weighted by Crippen LogP contribution is 2.00. The van der Waals surface area contributed by atoms with Crippen LogP contribution in [-0.4, -0.2) is 46.5 Å². The van der Waals surface area contributed by atoms with Crippen LogP contribution < -0.4 is 5.32 Å². The predicted octanol–water partition coefficient (Wildman–Crippen LogP) is 1.13. The second-order valence-electron chi connectivity index (χ2n) is 4.34. The molecule has 0 spiro atoms. The fraction of sp³-hybridized carbons (Fsp3) is 0.500. The molecule has 0 aliphatic carbocycles. The summed E-state index contributed by atoms with van der Waals surface area (Å²) in [5, 5.41) is 11.9. The van der Waals surface area contributed by atoms with Crippen LogP contribution in [0.5, 0.6) is 0 Å². The number of pyridine rings is 1. The Morgan fingerprint density at radius 2 is 2.00 bits per heavy atom. The molecule has 0 fully saturated rings. The number of hydrogen-bond donors (Lipinski definition) is 2. The summed E-state index contributed by atoms with van der Waals surface area (Å²) in [5.41, 5.74) is 0.927. The van der Waals surface area contributed by atoms with Gasteiger partial charge in [0.15, 0.2) is 0 Å². The number of aromatic nitrogens is 1. The molecule has 0 aliphatic rings. The van der Waals surface area contributed by atoms with Crippen LogP contribution in [0.2, 0.25) is 0 Å². The Labute approximate surface area is 118 Å². The van der Waals surface area contributed by atoms with E-state index in [1.54, 1.807) is 11.0 Å². The molecule has 0 bridgehead atoms. The third kappa shape index (κ3) is 4.97. The Hall–Kier alpha value is -1.95. The molecule has 1 aromatic rings. The van der Waals surface area contributed by atoms with Crippen LogP contribution in [0.4, 0.5) is 0 Å². The van der Waals surface area contributed by atoms with Crippen molar-refractivity contribution in [2.24, 2.45) is 0 Å². The van der Waals surface area contributed by atoms with Crippen molar-refractivity contribution < 1.29 is 14.7 Å². The highest BCUT2D eigenvalue weighted by Gasteiger charge is 2.08. The molecule has 0 atom stereocenters. The van der Waals surface area contributed by atoms with Gasteiger partial charge in [0.1, 0.15) is 0 Å². The SMILES string of the molecule is CCN(CC)C(=O)CCNCc1ccc(C(=O)O)cn1. The highest BCUT2D eigenvalue weighted by molar-refractivity contribution is 5.87. The monoisotopic (exact) mass is 279 g/mol. The number of carboxylic acids is 1. The zero-order valence-corrected chi connectivity index (χ0v) is 11.9. The van der Waals surface area contributed by atoms with Crippen molar-refractivity contribution in [2.45, 2.75) is 26.8 Å². The lowest BCUT2D eigenvalue weighted by molar-refractivity contribution is -0.130. The first-order valence-electron chi connectivity index (χ1n) is 6.75. The van der Waals surface area contributed by atoms with Gasteiger partial charge in [-0.3, -0.25) is 9.78 Å². The topological polar surface area (TPSA) is 82.5 Å². The van der Waals surface area contributed by atoms with Gasteiger partial charge in [0.25, 0.3) is 0 Å². The maximum absolute atomic E-state index is 11.7. The minimum absolute atomic E-state index is 0.136. The number of amides is 1. The zero-order valence-electron chi connectivity index (χ0n) is 11.9. The molecule has 110 valence electrons. The van der Waals surface area contributed by atoms with Gasteiger partial charge in [-0.05, 0) is 26.0 Å². The van der Waals surface area contributed by atoms with Crippen molar-refractivity contribution in [1.29, 1.82) is 0 Å². The van der Waals surface area contributed by atoms with Gasteiger partial charge < -0.3 is 15.3 Å². The molecule has 0 unspecified atom stereocenters. The van der Waals surface area contributed by atoms with Gasteiger partial charge in [0, 0.05) is 38.8 Å². The number of rotatable bonds is 8. The quantitative estimate of drug-likeness (QED) is 0.697.